The van der Waals surface area contributed by atoms with Crippen molar-refractivity contribution in [1.29, 1.82) is 0 Å². The Kier molecular flexibility index (Phi) is 9.50. The molecule has 3 aromatic carbocycles. The van der Waals surface area contributed by atoms with E-state index in [1.807, 2.05) is 55.5 Å². The molecular weight excluding hydrogens is 473 g/mol. The number of anilines is 1. The smallest absolute Gasteiger partial charge is 0.240 e. The largest absolute Gasteiger partial charge is 0.489 e. The third-order valence-corrected chi connectivity index (χ3v) is 5.61. The van der Waals surface area contributed by atoms with Crippen LogP contribution in [0.4, 0.5) is 5.69 Å². The van der Waals surface area contributed by atoms with Crippen molar-refractivity contribution >= 4 is 46.9 Å². The number of hydrogen-bond acceptors (Lipinski definition) is 4. The van der Waals surface area contributed by atoms with Crippen molar-refractivity contribution in [1.82, 2.24) is 5.43 Å². The van der Waals surface area contributed by atoms with Crippen molar-refractivity contribution in [3.05, 3.63) is 93.5 Å². The molecule has 0 unspecified atom stereocenters. The van der Waals surface area contributed by atoms with Gasteiger partial charge in [0, 0.05) is 28.6 Å². The molecule has 0 aromatic heterocycles. The summed E-state index contributed by atoms with van der Waals surface area (Å²) in [7, 11) is 0. The molecule has 0 fully saturated rings. The Labute approximate surface area is 208 Å². The molecule has 6 nitrogen and oxygen atoms in total. The Morgan fingerprint density at radius 2 is 1.65 bits per heavy atom. The maximum atomic E-state index is 12.1. The second-order valence-electron chi connectivity index (χ2n) is 7.59. The van der Waals surface area contributed by atoms with Crippen LogP contribution in [0.1, 0.15) is 36.0 Å². The highest BCUT2D eigenvalue weighted by atomic mass is 35.5. The lowest BCUT2D eigenvalue weighted by atomic mass is 10.2. The minimum atomic E-state index is -0.258. The maximum absolute atomic E-state index is 12.1. The van der Waals surface area contributed by atoms with Crippen LogP contribution in [0.3, 0.4) is 0 Å². The lowest BCUT2D eigenvalue weighted by Crippen LogP contribution is -2.18. The molecule has 0 aliphatic heterocycles. The number of ether oxygens (including phenoxy) is 1. The standard InChI is InChI=1S/C26H25Cl2N3O3/c1-18-23(28)4-2-5-24(18)30-25(32)6-3-7-26(33)31-29-16-19-10-14-22(15-11-19)34-17-20-8-12-21(27)13-9-20/h2,4-5,8-16H,3,6-7,17H2,1H3,(H,30,32)(H,31,33). The molecule has 3 aromatic rings. The van der Waals surface area contributed by atoms with Gasteiger partial charge in [-0.05, 0) is 78.6 Å². The van der Waals surface area contributed by atoms with Gasteiger partial charge in [-0.25, -0.2) is 5.43 Å². The number of halogens is 2. The monoisotopic (exact) mass is 497 g/mol. The highest BCUT2D eigenvalue weighted by Gasteiger charge is 2.08. The molecule has 0 bridgehead atoms. The zero-order chi connectivity index (χ0) is 24.3. The zero-order valence-electron chi connectivity index (χ0n) is 18.7. The molecule has 0 heterocycles. The third kappa shape index (κ3) is 8.21. The first kappa shape index (κ1) is 25.3. The van der Waals surface area contributed by atoms with Gasteiger partial charge in [0.1, 0.15) is 12.4 Å². The van der Waals surface area contributed by atoms with Crippen LogP contribution in [-0.4, -0.2) is 18.0 Å². The molecule has 0 aliphatic carbocycles. The summed E-state index contributed by atoms with van der Waals surface area (Å²) in [6, 6.07) is 20.2. The molecule has 0 radical (unpaired) electrons. The van der Waals surface area contributed by atoms with Crippen LogP contribution >= 0.6 is 23.2 Å². The fourth-order valence-corrected chi connectivity index (χ4v) is 3.30. The minimum Gasteiger partial charge on any atom is -0.489 e. The van der Waals surface area contributed by atoms with Crippen molar-refractivity contribution < 1.29 is 14.3 Å². The van der Waals surface area contributed by atoms with Gasteiger partial charge in [0.15, 0.2) is 0 Å². The first-order valence-corrected chi connectivity index (χ1v) is 11.5. The fraction of sp³-hybridized carbons (Fsp3) is 0.192. The summed E-state index contributed by atoms with van der Waals surface area (Å²) >= 11 is 11.9. The highest BCUT2D eigenvalue weighted by molar-refractivity contribution is 6.31. The predicted molar refractivity (Wildman–Crippen MR) is 137 cm³/mol. The Balaban J connectivity index is 1.35. The van der Waals surface area contributed by atoms with Gasteiger partial charge < -0.3 is 10.1 Å². The number of carbonyl (C=O) groups excluding carboxylic acids is 2. The molecule has 0 saturated carbocycles. The zero-order valence-corrected chi connectivity index (χ0v) is 20.2. The van der Waals surface area contributed by atoms with Crippen molar-refractivity contribution in [2.75, 3.05) is 5.32 Å². The van der Waals surface area contributed by atoms with Crippen LogP contribution in [0, 0.1) is 6.92 Å². The highest BCUT2D eigenvalue weighted by Crippen LogP contribution is 2.23. The molecule has 2 amide bonds. The fourth-order valence-electron chi connectivity index (χ4n) is 3.00. The molecular formula is C26H25Cl2N3O3. The van der Waals surface area contributed by atoms with Crippen LogP contribution in [0.15, 0.2) is 71.8 Å². The van der Waals surface area contributed by atoms with Gasteiger partial charge in [0.25, 0.3) is 0 Å². The summed E-state index contributed by atoms with van der Waals surface area (Å²) in [6.07, 6.45) is 2.37. The van der Waals surface area contributed by atoms with E-state index in [0.29, 0.717) is 28.8 Å². The minimum absolute atomic E-state index is 0.167. The molecule has 0 spiro atoms. The van der Waals surface area contributed by atoms with Crippen LogP contribution < -0.4 is 15.5 Å². The second-order valence-corrected chi connectivity index (χ2v) is 8.44. The van der Waals surface area contributed by atoms with Crippen LogP contribution in [-0.2, 0) is 16.2 Å². The summed E-state index contributed by atoms with van der Waals surface area (Å²) in [4.78, 5) is 24.1. The van der Waals surface area contributed by atoms with Crippen LogP contribution in [0.5, 0.6) is 5.75 Å². The van der Waals surface area contributed by atoms with Gasteiger partial charge in [-0.1, -0.05) is 41.4 Å². The molecule has 3 rings (SSSR count). The molecule has 8 heteroatoms. The number of amides is 2. The van der Waals surface area contributed by atoms with Crippen molar-refractivity contribution in [2.45, 2.75) is 32.8 Å². The molecule has 34 heavy (non-hydrogen) atoms. The maximum Gasteiger partial charge on any atom is 0.240 e. The van der Waals surface area contributed by atoms with E-state index in [1.165, 1.54) is 0 Å². The van der Waals surface area contributed by atoms with Crippen molar-refractivity contribution in [3.63, 3.8) is 0 Å². The van der Waals surface area contributed by atoms with E-state index in [-0.39, 0.29) is 24.7 Å². The Hall–Kier alpha value is -3.35. The van der Waals surface area contributed by atoms with Gasteiger partial charge in [0.2, 0.25) is 11.8 Å². The van der Waals surface area contributed by atoms with E-state index in [1.54, 1.807) is 24.4 Å². The van der Waals surface area contributed by atoms with Crippen molar-refractivity contribution in [3.8, 4) is 5.75 Å². The number of nitrogens with one attached hydrogen (secondary N) is 2. The number of hydrazone groups is 1. The van der Waals surface area contributed by atoms with E-state index >= 15 is 0 Å². The SMILES string of the molecule is Cc1c(Cl)cccc1NC(=O)CCCC(=O)NN=Cc1ccc(OCc2ccc(Cl)cc2)cc1. The molecule has 0 aliphatic rings. The first-order valence-electron chi connectivity index (χ1n) is 10.7. The van der Waals surface area contributed by atoms with Gasteiger partial charge >= 0.3 is 0 Å². The van der Waals surface area contributed by atoms with E-state index in [2.05, 4.69) is 15.8 Å². The van der Waals surface area contributed by atoms with E-state index in [0.717, 1.165) is 22.4 Å². The topological polar surface area (TPSA) is 79.8 Å². The summed E-state index contributed by atoms with van der Waals surface area (Å²) in [6.45, 7) is 2.28. The normalized spacial score (nSPS) is 10.8. The number of nitrogens with zero attached hydrogens (tertiary/aromatic N) is 1. The lowest BCUT2D eigenvalue weighted by molar-refractivity contribution is -0.121. The van der Waals surface area contributed by atoms with Gasteiger partial charge in [0.05, 0.1) is 6.21 Å². The van der Waals surface area contributed by atoms with Gasteiger partial charge in [-0.2, -0.15) is 5.10 Å². The van der Waals surface area contributed by atoms with Gasteiger partial charge in [-0.15, -0.1) is 0 Å². The summed E-state index contributed by atoms with van der Waals surface area (Å²) in [5.41, 5.74) is 5.80. The first-order chi connectivity index (χ1) is 16.4. The number of benzene rings is 3. The average Bonchev–Trinajstić information content (AvgIpc) is 2.82. The molecule has 176 valence electrons. The number of hydrogen-bond donors (Lipinski definition) is 2. The van der Waals surface area contributed by atoms with E-state index < -0.39 is 0 Å². The van der Waals surface area contributed by atoms with Crippen LogP contribution in [0.25, 0.3) is 0 Å². The Bertz CT molecular complexity index is 1150. The second kappa shape index (κ2) is 12.8. The third-order valence-electron chi connectivity index (χ3n) is 4.95. The summed E-state index contributed by atoms with van der Waals surface area (Å²) in [5, 5.41) is 8.06. The van der Waals surface area contributed by atoms with E-state index in [4.69, 9.17) is 27.9 Å². The van der Waals surface area contributed by atoms with Crippen molar-refractivity contribution in [2.24, 2.45) is 5.10 Å². The van der Waals surface area contributed by atoms with E-state index in [9.17, 15) is 9.59 Å². The Morgan fingerprint density at radius 3 is 2.38 bits per heavy atom. The lowest BCUT2D eigenvalue weighted by Gasteiger charge is -2.09. The average molecular weight is 498 g/mol. The quantitative estimate of drug-likeness (QED) is 0.260. The number of carbonyl (C=O) groups is 2. The molecule has 0 atom stereocenters. The van der Waals surface area contributed by atoms with Crippen LogP contribution in [0.2, 0.25) is 10.0 Å². The number of rotatable bonds is 10. The predicted octanol–water partition coefficient (Wildman–Crippen LogP) is 6.14. The van der Waals surface area contributed by atoms with Gasteiger partial charge in [-0.3, -0.25) is 9.59 Å². The summed E-state index contributed by atoms with van der Waals surface area (Å²) < 4.78 is 5.75. The molecule has 2 N–H and O–H groups in total. The molecule has 0 saturated heterocycles. The summed E-state index contributed by atoms with van der Waals surface area (Å²) in [5.74, 6) is 0.299. The Morgan fingerprint density at radius 1 is 0.941 bits per heavy atom.